The first-order valence-corrected chi connectivity index (χ1v) is 9.51. The zero-order valence-electron chi connectivity index (χ0n) is 17.1. The first-order chi connectivity index (χ1) is 14.4. The molecule has 0 radical (unpaired) electrons. The molecule has 0 unspecified atom stereocenters. The highest BCUT2D eigenvalue weighted by molar-refractivity contribution is 5.94. The fraction of sp³-hybridized carbons (Fsp3) is 0.273. The number of hydrogen-bond acceptors (Lipinski definition) is 6. The average Bonchev–Trinajstić information content (AvgIpc) is 2.76. The highest BCUT2D eigenvalue weighted by Gasteiger charge is 2.18. The fourth-order valence-electron chi connectivity index (χ4n) is 3.05. The summed E-state index contributed by atoms with van der Waals surface area (Å²) in [6.07, 6.45) is 1.42. The molecule has 3 aromatic rings. The molecule has 8 nitrogen and oxygen atoms in total. The van der Waals surface area contributed by atoms with Crippen LogP contribution in [0.2, 0.25) is 0 Å². The summed E-state index contributed by atoms with van der Waals surface area (Å²) in [6, 6.07) is 10.6. The van der Waals surface area contributed by atoms with Crippen molar-refractivity contribution in [3.63, 3.8) is 0 Å². The van der Waals surface area contributed by atoms with E-state index < -0.39 is 23.9 Å². The number of rotatable bonds is 7. The summed E-state index contributed by atoms with van der Waals surface area (Å²) in [5.41, 5.74) is 1.47. The molecular weight excluding hydrogens is 386 g/mol. The first-order valence-electron chi connectivity index (χ1n) is 9.51. The second kappa shape index (κ2) is 9.21. The Morgan fingerprint density at radius 3 is 2.67 bits per heavy atom. The zero-order valence-corrected chi connectivity index (χ0v) is 17.1. The second-order valence-electron chi connectivity index (χ2n) is 6.65. The van der Waals surface area contributed by atoms with E-state index in [0.29, 0.717) is 23.3 Å². The maximum absolute atomic E-state index is 12.7. The molecule has 0 aliphatic carbocycles. The van der Waals surface area contributed by atoms with E-state index in [4.69, 9.17) is 9.47 Å². The van der Waals surface area contributed by atoms with Crippen molar-refractivity contribution in [3.8, 4) is 5.75 Å². The molecule has 0 aliphatic heterocycles. The van der Waals surface area contributed by atoms with E-state index in [2.05, 4.69) is 10.3 Å². The predicted octanol–water partition coefficient (Wildman–Crippen LogP) is 2.21. The van der Waals surface area contributed by atoms with Gasteiger partial charge in [0.2, 0.25) is 5.43 Å². The van der Waals surface area contributed by atoms with Gasteiger partial charge in [-0.25, -0.2) is 9.78 Å². The number of fused-ring (bicyclic) bond motifs is 1. The molecule has 1 amide bonds. The van der Waals surface area contributed by atoms with Crippen molar-refractivity contribution in [1.82, 2.24) is 14.9 Å². The molecule has 1 N–H and O–H groups in total. The van der Waals surface area contributed by atoms with Gasteiger partial charge in [-0.05, 0) is 32.0 Å². The first kappa shape index (κ1) is 21.0. The molecule has 8 heteroatoms. The lowest BCUT2D eigenvalue weighted by molar-refractivity contribution is -0.124. The van der Waals surface area contributed by atoms with Gasteiger partial charge >= 0.3 is 5.97 Å². The van der Waals surface area contributed by atoms with Crippen LogP contribution in [0.3, 0.4) is 0 Å². The maximum Gasteiger partial charge on any atom is 0.344 e. The van der Waals surface area contributed by atoms with Crippen LogP contribution < -0.4 is 15.5 Å². The Labute approximate surface area is 173 Å². The van der Waals surface area contributed by atoms with Crippen LogP contribution in [0, 0.1) is 6.92 Å². The van der Waals surface area contributed by atoms with E-state index in [0.717, 1.165) is 11.3 Å². The van der Waals surface area contributed by atoms with Gasteiger partial charge in [-0.2, -0.15) is 0 Å². The molecule has 0 saturated heterocycles. The molecule has 30 heavy (non-hydrogen) atoms. The summed E-state index contributed by atoms with van der Waals surface area (Å²) < 4.78 is 12.0. The van der Waals surface area contributed by atoms with Crippen molar-refractivity contribution < 1.29 is 19.1 Å². The van der Waals surface area contributed by atoms with Crippen LogP contribution in [0.25, 0.3) is 11.0 Å². The van der Waals surface area contributed by atoms with Crippen LogP contribution in [0.5, 0.6) is 5.75 Å². The third kappa shape index (κ3) is 4.48. The van der Waals surface area contributed by atoms with Crippen molar-refractivity contribution in [1.29, 1.82) is 0 Å². The largest absolute Gasteiger partial charge is 0.496 e. The second-order valence-corrected chi connectivity index (χ2v) is 6.65. The third-order valence-electron chi connectivity index (χ3n) is 4.62. The number of para-hydroxylation sites is 1. The van der Waals surface area contributed by atoms with Crippen molar-refractivity contribution in [3.05, 3.63) is 69.6 Å². The van der Waals surface area contributed by atoms with Crippen molar-refractivity contribution >= 4 is 22.9 Å². The minimum atomic E-state index is -0.850. The number of ether oxygens (including phenoxy) is 2. The van der Waals surface area contributed by atoms with Crippen molar-refractivity contribution in [2.24, 2.45) is 0 Å². The van der Waals surface area contributed by atoms with Crippen molar-refractivity contribution in [2.45, 2.75) is 26.9 Å². The quantitative estimate of drug-likeness (QED) is 0.601. The van der Waals surface area contributed by atoms with Crippen LogP contribution in [-0.4, -0.2) is 35.1 Å². The molecule has 2 aromatic heterocycles. The summed E-state index contributed by atoms with van der Waals surface area (Å²) in [5, 5.41) is 3.00. The van der Waals surface area contributed by atoms with Gasteiger partial charge in [-0.3, -0.25) is 9.59 Å². The minimum Gasteiger partial charge on any atom is -0.496 e. The third-order valence-corrected chi connectivity index (χ3v) is 4.62. The number of amides is 1. The number of nitrogens with zero attached hydrogens (tertiary/aromatic N) is 2. The molecule has 0 aliphatic rings. The zero-order chi connectivity index (χ0) is 21.7. The average molecular weight is 409 g/mol. The van der Waals surface area contributed by atoms with E-state index in [9.17, 15) is 14.4 Å². The van der Waals surface area contributed by atoms with Gasteiger partial charge in [-0.15, -0.1) is 0 Å². The van der Waals surface area contributed by atoms with E-state index in [1.54, 1.807) is 29.9 Å². The van der Waals surface area contributed by atoms with E-state index >= 15 is 0 Å². The predicted molar refractivity (Wildman–Crippen MR) is 112 cm³/mol. The number of aromatic nitrogens is 2. The van der Waals surface area contributed by atoms with Gasteiger partial charge in [0.1, 0.15) is 17.0 Å². The van der Waals surface area contributed by atoms with Crippen LogP contribution in [0.15, 0.2) is 47.4 Å². The number of benzene rings is 1. The normalized spacial score (nSPS) is 10.6. The lowest BCUT2D eigenvalue weighted by Crippen LogP contribution is -2.30. The molecule has 2 heterocycles. The number of hydrogen-bond donors (Lipinski definition) is 1. The lowest BCUT2D eigenvalue weighted by atomic mass is 10.2. The molecular formula is C22H23N3O5. The molecule has 156 valence electrons. The van der Waals surface area contributed by atoms with Crippen LogP contribution >= 0.6 is 0 Å². The van der Waals surface area contributed by atoms with E-state index in [-0.39, 0.29) is 12.1 Å². The highest BCUT2D eigenvalue weighted by atomic mass is 16.5. The summed E-state index contributed by atoms with van der Waals surface area (Å²) in [5.74, 6) is -0.685. The molecule has 0 saturated carbocycles. The van der Waals surface area contributed by atoms with Gasteiger partial charge in [0.05, 0.1) is 12.5 Å². The Bertz CT molecular complexity index is 1150. The van der Waals surface area contributed by atoms with Crippen molar-refractivity contribution in [2.75, 3.05) is 13.7 Å². The topological polar surface area (TPSA) is 99.5 Å². The Morgan fingerprint density at radius 2 is 1.93 bits per heavy atom. The SMILES string of the molecule is CCn1cc(C(=O)OCC(=O)NCc2ccccc2OC)c(=O)c2ccc(C)nc21. The van der Waals surface area contributed by atoms with Crippen LogP contribution in [0.1, 0.15) is 28.5 Å². The Hall–Kier alpha value is -3.68. The summed E-state index contributed by atoms with van der Waals surface area (Å²) in [7, 11) is 1.55. The molecule has 0 spiro atoms. The smallest absolute Gasteiger partial charge is 0.344 e. The van der Waals surface area contributed by atoms with Gasteiger partial charge in [0, 0.05) is 30.5 Å². The summed E-state index contributed by atoms with van der Waals surface area (Å²) >= 11 is 0. The van der Waals surface area contributed by atoms with Crippen LogP contribution in [0.4, 0.5) is 0 Å². The molecule has 1 aromatic carbocycles. The number of esters is 1. The standard InChI is InChI=1S/C22H23N3O5/c1-4-25-12-17(20(27)16-10-9-14(2)24-21(16)25)22(28)30-13-19(26)23-11-15-7-5-6-8-18(15)29-3/h5-10,12H,4,11,13H2,1-3H3,(H,23,26). The van der Waals surface area contributed by atoms with E-state index in [1.165, 1.54) is 6.20 Å². The van der Waals surface area contributed by atoms with Gasteiger partial charge in [0.15, 0.2) is 6.61 Å². The highest BCUT2D eigenvalue weighted by Crippen LogP contribution is 2.16. The number of aryl methyl sites for hydroxylation is 2. The molecule has 0 bridgehead atoms. The lowest BCUT2D eigenvalue weighted by Gasteiger charge is -2.12. The molecule has 0 fully saturated rings. The number of nitrogens with one attached hydrogen (secondary N) is 1. The Kier molecular flexibility index (Phi) is 6.46. The maximum atomic E-state index is 12.7. The fourth-order valence-corrected chi connectivity index (χ4v) is 3.05. The summed E-state index contributed by atoms with van der Waals surface area (Å²) in [6.45, 7) is 3.96. The Balaban J connectivity index is 1.69. The Morgan fingerprint density at radius 1 is 1.17 bits per heavy atom. The number of pyridine rings is 2. The monoisotopic (exact) mass is 409 g/mol. The molecule has 3 rings (SSSR count). The number of carbonyl (C=O) groups excluding carboxylic acids is 2. The summed E-state index contributed by atoms with van der Waals surface area (Å²) in [4.78, 5) is 41.6. The minimum absolute atomic E-state index is 0.132. The van der Waals surface area contributed by atoms with Crippen LogP contribution in [-0.2, 0) is 22.6 Å². The number of methoxy groups -OCH3 is 1. The van der Waals surface area contributed by atoms with Gasteiger partial charge in [0.25, 0.3) is 5.91 Å². The van der Waals surface area contributed by atoms with E-state index in [1.807, 2.05) is 32.0 Å². The van der Waals surface area contributed by atoms with Gasteiger partial charge in [-0.1, -0.05) is 18.2 Å². The van der Waals surface area contributed by atoms with Gasteiger partial charge < -0.3 is 19.4 Å². The number of carbonyl (C=O) groups is 2. The molecule has 0 atom stereocenters.